The van der Waals surface area contributed by atoms with Crippen LogP contribution in [0.15, 0.2) is 18.2 Å². The summed E-state index contributed by atoms with van der Waals surface area (Å²) in [4.78, 5) is 0. The van der Waals surface area contributed by atoms with Gasteiger partial charge in [-0.05, 0) is 32.0 Å². The van der Waals surface area contributed by atoms with Crippen LogP contribution in [0.5, 0.6) is 5.75 Å². The predicted molar refractivity (Wildman–Crippen MR) is 68.4 cm³/mol. The average Bonchev–Trinajstić information content (AvgIpc) is 2.36. The van der Waals surface area contributed by atoms with E-state index >= 15 is 0 Å². The molecule has 0 aliphatic carbocycles. The van der Waals surface area contributed by atoms with Crippen LogP contribution in [0.3, 0.4) is 0 Å². The van der Waals surface area contributed by atoms with Crippen molar-refractivity contribution in [3.8, 4) is 11.8 Å². The Morgan fingerprint density at radius 1 is 1.58 bits per heavy atom. The van der Waals surface area contributed by atoms with Crippen molar-refractivity contribution in [3.63, 3.8) is 0 Å². The minimum absolute atomic E-state index is 0.0830. The van der Waals surface area contributed by atoms with E-state index in [9.17, 15) is 4.39 Å². The molecule has 0 radical (unpaired) electrons. The third-order valence-corrected chi connectivity index (χ3v) is 2.90. The molecule has 1 aliphatic heterocycles. The van der Waals surface area contributed by atoms with Gasteiger partial charge in [-0.1, -0.05) is 0 Å². The van der Waals surface area contributed by atoms with Crippen LogP contribution in [-0.2, 0) is 4.74 Å². The summed E-state index contributed by atoms with van der Waals surface area (Å²) in [6.45, 7) is 5.84. The van der Waals surface area contributed by atoms with E-state index in [0.717, 1.165) is 6.54 Å². The summed E-state index contributed by atoms with van der Waals surface area (Å²) in [5.74, 6) is -0.0588. The minimum atomic E-state index is -0.444. The molecule has 19 heavy (non-hydrogen) atoms. The fourth-order valence-electron chi connectivity index (χ4n) is 2.06. The standard InChI is InChI=1S/C14H17FN2O2/c1-14(2)9-17-7-12(19-14)8-18-13-4-3-11(15)5-10(13)6-16/h3-5,12,17H,7-9H2,1-2H3. The lowest BCUT2D eigenvalue weighted by Gasteiger charge is -2.36. The van der Waals surface area contributed by atoms with Crippen LogP contribution >= 0.6 is 0 Å². The van der Waals surface area contributed by atoms with E-state index in [-0.39, 0.29) is 17.3 Å². The summed E-state index contributed by atoms with van der Waals surface area (Å²) in [5, 5.41) is 12.2. The molecule has 0 amide bonds. The van der Waals surface area contributed by atoms with Crippen LogP contribution in [0.1, 0.15) is 19.4 Å². The van der Waals surface area contributed by atoms with E-state index in [4.69, 9.17) is 14.7 Å². The van der Waals surface area contributed by atoms with E-state index < -0.39 is 5.82 Å². The summed E-state index contributed by atoms with van der Waals surface area (Å²) in [5.41, 5.74) is -0.0318. The summed E-state index contributed by atoms with van der Waals surface area (Å²) in [6, 6.07) is 5.83. The highest BCUT2D eigenvalue weighted by Crippen LogP contribution is 2.21. The van der Waals surface area contributed by atoms with E-state index in [1.807, 2.05) is 19.9 Å². The monoisotopic (exact) mass is 264 g/mol. The van der Waals surface area contributed by atoms with Crippen LogP contribution in [0.2, 0.25) is 0 Å². The molecule has 0 spiro atoms. The first-order valence-corrected chi connectivity index (χ1v) is 6.21. The molecule has 0 aromatic heterocycles. The third kappa shape index (κ3) is 3.66. The second kappa shape index (κ2) is 5.55. The Balaban J connectivity index is 1.97. The molecule has 5 heteroatoms. The van der Waals surface area contributed by atoms with E-state index in [2.05, 4.69) is 5.32 Å². The zero-order valence-corrected chi connectivity index (χ0v) is 11.1. The summed E-state index contributed by atoms with van der Waals surface area (Å²) in [6.07, 6.45) is -0.0830. The van der Waals surface area contributed by atoms with Crippen molar-refractivity contribution in [2.45, 2.75) is 25.6 Å². The number of benzene rings is 1. The molecular formula is C14H17FN2O2. The van der Waals surface area contributed by atoms with Gasteiger partial charge >= 0.3 is 0 Å². The van der Waals surface area contributed by atoms with Crippen LogP contribution < -0.4 is 10.1 Å². The number of morpholine rings is 1. The van der Waals surface area contributed by atoms with Crippen molar-refractivity contribution in [2.75, 3.05) is 19.7 Å². The fourth-order valence-corrected chi connectivity index (χ4v) is 2.06. The predicted octanol–water partition coefficient (Wildman–Crippen LogP) is 1.84. The maximum absolute atomic E-state index is 13.0. The maximum Gasteiger partial charge on any atom is 0.137 e. The molecule has 1 N–H and O–H groups in total. The number of hydrogen-bond acceptors (Lipinski definition) is 4. The van der Waals surface area contributed by atoms with Crippen molar-refractivity contribution in [1.82, 2.24) is 5.32 Å². The maximum atomic E-state index is 13.0. The second-order valence-corrected chi connectivity index (χ2v) is 5.19. The van der Waals surface area contributed by atoms with Crippen molar-refractivity contribution in [2.24, 2.45) is 0 Å². The van der Waals surface area contributed by atoms with Gasteiger partial charge in [-0.25, -0.2) is 4.39 Å². The summed E-state index contributed by atoms with van der Waals surface area (Å²) in [7, 11) is 0. The molecule has 0 bridgehead atoms. The van der Waals surface area contributed by atoms with Gasteiger partial charge in [0.1, 0.15) is 30.3 Å². The molecule has 1 aromatic carbocycles. The Morgan fingerprint density at radius 3 is 3.05 bits per heavy atom. The molecule has 1 heterocycles. The largest absolute Gasteiger partial charge is 0.489 e. The van der Waals surface area contributed by atoms with Crippen molar-refractivity contribution in [1.29, 1.82) is 5.26 Å². The van der Waals surface area contributed by atoms with Gasteiger partial charge in [-0.2, -0.15) is 5.26 Å². The van der Waals surface area contributed by atoms with Gasteiger partial charge in [0.2, 0.25) is 0 Å². The number of nitrogens with zero attached hydrogens (tertiary/aromatic N) is 1. The van der Waals surface area contributed by atoms with Gasteiger partial charge in [0.15, 0.2) is 0 Å². The SMILES string of the molecule is CC1(C)CNCC(COc2ccc(F)cc2C#N)O1. The number of nitrogens with one attached hydrogen (secondary N) is 1. The summed E-state index contributed by atoms with van der Waals surface area (Å²) >= 11 is 0. The van der Waals surface area contributed by atoms with Gasteiger partial charge in [-0.15, -0.1) is 0 Å². The van der Waals surface area contributed by atoms with Crippen LogP contribution in [0, 0.1) is 17.1 Å². The molecule has 0 saturated carbocycles. The normalized spacial score (nSPS) is 21.7. The molecule has 1 saturated heterocycles. The fraction of sp³-hybridized carbons (Fsp3) is 0.500. The molecule has 2 rings (SSSR count). The first-order chi connectivity index (χ1) is 9.00. The first kappa shape index (κ1) is 13.8. The Bertz CT molecular complexity index is 497. The van der Waals surface area contributed by atoms with Crippen molar-refractivity contribution >= 4 is 0 Å². The number of hydrogen-bond donors (Lipinski definition) is 1. The third-order valence-electron chi connectivity index (χ3n) is 2.90. The lowest BCUT2D eigenvalue weighted by atomic mass is 10.1. The highest BCUT2D eigenvalue weighted by atomic mass is 19.1. The lowest BCUT2D eigenvalue weighted by Crippen LogP contribution is -2.52. The first-order valence-electron chi connectivity index (χ1n) is 6.21. The van der Waals surface area contributed by atoms with Crippen LogP contribution in [0.25, 0.3) is 0 Å². The Hall–Kier alpha value is -1.64. The van der Waals surface area contributed by atoms with Gasteiger partial charge in [-0.3, -0.25) is 0 Å². The quantitative estimate of drug-likeness (QED) is 0.905. The molecule has 1 atom stereocenters. The summed E-state index contributed by atoms with van der Waals surface area (Å²) < 4.78 is 24.4. The van der Waals surface area contributed by atoms with Crippen molar-refractivity contribution in [3.05, 3.63) is 29.6 Å². The molecule has 102 valence electrons. The number of halogens is 1. The van der Waals surface area contributed by atoms with E-state index in [1.54, 1.807) is 0 Å². The van der Waals surface area contributed by atoms with Crippen molar-refractivity contribution < 1.29 is 13.9 Å². The number of ether oxygens (including phenoxy) is 2. The molecule has 4 nitrogen and oxygen atoms in total. The molecule has 1 aliphatic rings. The molecule has 1 unspecified atom stereocenters. The van der Waals surface area contributed by atoms with Gasteiger partial charge < -0.3 is 14.8 Å². The highest BCUT2D eigenvalue weighted by molar-refractivity contribution is 5.43. The smallest absolute Gasteiger partial charge is 0.137 e. The zero-order chi connectivity index (χ0) is 13.9. The van der Waals surface area contributed by atoms with Crippen LogP contribution in [0.4, 0.5) is 4.39 Å². The number of rotatable bonds is 3. The lowest BCUT2D eigenvalue weighted by molar-refractivity contribution is -0.107. The highest BCUT2D eigenvalue weighted by Gasteiger charge is 2.28. The van der Waals surface area contributed by atoms with E-state index in [1.165, 1.54) is 18.2 Å². The van der Waals surface area contributed by atoms with Gasteiger partial charge in [0.05, 0.1) is 11.2 Å². The van der Waals surface area contributed by atoms with Crippen LogP contribution in [-0.4, -0.2) is 31.4 Å². The molecular weight excluding hydrogens is 247 g/mol. The van der Waals surface area contributed by atoms with E-state index in [0.29, 0.717) is 18.9 Å². The Kier molecular flexibility index (Phi) is 4.03. The minimum Gasteiger partial charge on any atom is -0.489 e. The second-order valence-electron chi connectivity index (χ2n) is 5.19. The molecule has 1 aromatic rings. The van der Waals surface area contributed by atoms with Gasteiger partial charge in [0.25, 0.3) is 0 Å². The Labute approximate surface area is 112 Å². The Morgan fingerprint density at radius 2 is 2.37 bits per heavy atom. The topological polar surface area (TPSA) is 54.3 Å². The molecule has 1 fully saturated rings. The average molecular weight is 264 g/mol. The number of nitriles is 1. The zero-order valence-electron chi connectivity index (χ0n) is 11.1. The van der Waals surface area contributed by atoms with Gasteiger partial charge in [0, 0.05) is 13.1 Å².